The van der Waals surface area contributed by atoms with Crippen LogP contribution in [-0.2, 0) is 32.2 Å². The van der Waals surface area contributed by atoms with Gasteiger partial charge in [-0.25, -0.2) is 14.0 Å². The van der Waals surface area contributed by atoms with Crippen molar-refractivity contribution in [3.8, 4) is 23.0 Å². The Kier molecular flexibility index (Phi) is 18.9. The van der Waals surface area contributed by atoms with Crippen LogP contribution in [0.15, 0.2) is 120 Å². The third-order valence-electron chi connectivity index (χ3n) is 13.2. The molecule has 4 aromatic rings. The number of carbonyl (C=O) groups excluding carboxylic acids is 2. The minimum atomic E-state index is -1.62. The van der Waals surface area contributed by atoms with Gasteiger partial charge in [-0.05, 0) is 104 Å². The molecule has 0 saturated heterocycles. The maximum Gasteiger partial charge on any atom is 0.417 e. The third kappa shape index (κ3) is 12.7. The van der Waals surface area contributed by atoms with Crippen molar-refractivity contribution in [2.75, 3.05) is 59.2 Å². The van der Waals surface area contributed by atoms with Gasteiger partial charge in [-0.15, -0.1) is 6.58 Å². The molecule has 380 valence electrons. The number of nitrogens with zero attached hydrogens (tertiary/aromatic N) is 2. The molecule has 3 aliphatic rings. The van der Waals surface area contributed by atoms with Crippen LogP contribution < -0.4 is 24.3 Å². The van der Waals surface area contributed by atoms with Crippen LogP contribution in [0.1, 0.15) is 74.5 Å². The quantitative estimate of drug-likeness (QED) is 0.0326. The number of halogens is 1. The molecule has 0 spiro atoms. The van der Waals surface area contributed by atoms with Crippen LogP contribution in [0.2, 0.25) is 0 Å². The average Bonchev–Trinajstić information content (AvgIpc) is 3.38. The van der Waals surface area contributed by atoms with E-state index in [1.165, 1.54) is 26.4 Å². The first-order valence-corrected chi connectivity index (χ1v) is 24.4. The number of hydrogen-bond donors (Lipinski definition) is 3. The molecule has 16 heteroatoms. The molecule has 7 rings (SSSR count). The molecule has 1 aliphatic heterocycles. The van der Waals surface area contributed by atoms with Gasteiger partial charge >= 0.3 is 12.2 Å². The number of hydrogen-bond acceptors (Lipinski definition) is 13. The number of methoxy groups -OCH3 is 2. The number of allylic oxidation sites excluding steroid dienone is 1. The Balaban J connectivity index is 1.35. The lowest BCUT2D eigenvalue weighted by molar-refractivity contribution is -0.256. The van der Waals surface area contributed by atoms with E-state index in [0.717, 1.165) is 29.5 Å². The number of ether oxygens (including phenoxy) is 7. The molecular weight excluding hydrogens is 914 g/mol. The monoisotopic (exact) mass is 979 g/mol. The fourth-order valence-electron chi connectivity index (χ4n) is 10.1. The smallest absolute Gasteiger partial charge is 0.417 e. The number of carbonyl (C=O) groups is 2. The predicted molar refractivity (Wildman–Crippen MR) is 265 cm³/mol. The molecule has 1 heterocycles. The number of unbranched alkanes of at least 4 members (excludes halogenated alkanes) is 2. The number of amides is 2. The van der Waals surface area contributed by atoms with Crippen molar-refractivity contribution in [1.82, 2.24) is 4.90 Å². The normalized spacial score (nSPS) is 21.4. The van der Waals surface area contributed by atoms with Crippen LogP contribution in [0.5, 0.6) is 23.0 Å². The van der Waals surface area contributed by atoms with Gasteiger partial charge in [-0.2, -0.15) is 0 Å². The summed E-state index contributed by atoms with van der Waals surface area (Å²) in [5.74, 6) is -1.67. The Morgan fingerprint density at radius 1 is 0.915 bits per heavy atom. The van der Waals surface area contributed by atoms with Crippen molar-refractivity contribution in [2.24, 2.45) is 22.9 Å². The Bertz CT molecular complexity index is 2450. The van der Waals surface area contributed by atoms with Gasteiger partial charge in [0.1, 0.15) is 48.1 Å². The molecule has 1 fully saturated rings. The average molecular weight is 980 g/mol. The van der Waals surface area contributed by atoms with Crippen molar-refractivity contribution in [3.63, 3.8) is 0 Å². The van der Waals surface area contributed by atoms with Gasteiger partial charge in [0.05, 0.1) is 51.4 Å². The molecule has 0 unspecified atom stereocenters. The maximum atomic E-state index is 14.9. The maximum absolute atomic E-state index is 14.9. The number of fused-ring (bicyclic) bond motifs is 2. The topological polar surface area (TPSA) is 176 Å². The van der Waals surface area contributed by atoms with E-state index in [4.69, 9.17) is 43.2 Å². The highest BCUT2D eigenvalue weighted by Gasteiger charge is 2.65. The van der Waals surface area contributed by atoms with E-state index in [-0.39, 0.29) is 70.2 Å². The fourth-order valence-corrected chi connectivity index (χ4v) is 10.1. The second-order valence-electron chi connectivity index (χ2n) is 17.7. The summed E-state index contributed by atoms with van der Waals surface area (Å²) in [7, 11) is 3.03. The van der Waals surface area contributed by atoms with Crippen molar-refractivity contribution < 1.29 is 62.2 Å². The van der Waals surface area contributed by atoms with Crippen molar-refractivity contribution in [3.05, 3.63) is 138 Å². The lowest BCUT2D eigenvalue weighted by Gasteiger charge is -2.59. The summed E-state index contributed by atoms with van der Waals surface area (Å²) in [4.78, 5) is 36.0. The zero-order chi connectivity index (χ0) is 50.2. The van der Waals surface area contributed by atoms with Gasteiger partial charge in [0.2, 0.25) is 5.79 Å². The van der Waals surface area contributed by atoms with Crippen LogP contribution in [-0.4, -0.2) is 98.7 Å². The molecule has 2 aliphatic carbocycles. The highest BCUT2D eigenvalue weighted by Crippen LogP contribution is 2.62. The first kappa shape index (κ1) is 52.4. The van der Waals surface area contributed by atoms with Crippen LogP contribution >= 0.6 is 0 Å². The molecule has 6 atom stereocenters. The lowest BCUT2D eigenvalue weighted by Crippen LogP contribution is -2.70. The van der Waals surface area contributed by atoms with Gasteiger partial charge in [-0.1, -0.05) is 72.6 Å². The number of oxime groups is 1. The second kappa shape index (κ2) is 25.6. The van der Waals surface area contributed by atoms with Crippen molar-refractivity contribution >= 4 is 23.6 Å². The van der Waals surface area contributed by atoms with Gasteiger partial charge in [0.25, 0.3) is 0 Å². The molecule has 3 N–H and O–H groups in total. The largest absolute Gasteiger partial charge is 0.497 e. The molecule has 2 amide bonds. The van der Waals surface area contributed by atoms with E-state index in [9.17, 15) is 24.2 Å². The Morgan fingerprint density at radius 3 is 2.39 bits per heavy atom. The van der Waals surface area contributed by atoms with Gasteiger partial charge in [0.15, 0.2) is 0 Å². The molecule has 4 aromatic carbocycles. The van der Waals surface area contributed by atoms with E-state index in [1.807, 2.05) is 43.3 Å². The van der Waals surface area contributed by atoms with Crippen LogP contribution in [0.4, 0.5) is 19.7 Å². The summed E-state index contributed by atoms with van der Waals surface area (Å²) >= 11 is 0. The minimum absolute atomic E-state index is 0.0141. The predicted octanol–water partition coefficient (Wildman–Crippen LogP) is 9.96. The number of rotatable bonds is 25. The molecule has 0 bridgehead atoms. The molecular formula is C55H66FN3O12. The number of aliphatic hydroxyl groups is 2. The number of benzene rings is 4. The lowest BCUT2D eigenvalue weighted by atomic mass is 9.55. The van der Waals surface area contributed by atoms with Gasteiger partial charge in [0, 0.05) is 43.7 Å². The van der Waals surface area contributed by atoms with Crippen molar-refractivity contribution in [2.45, 2.75) is 82.8 Å². The van der Waals surface area contributed by atoms with E-state index in [2.05, 4.69) is 18.0 Å². The summed E-state index contributed by atoms with van der Waals surface area (Å²) in [6.07, 6.45) is 6.56. The SMILES string of the molecule is C=CCO[C@@]12Oc3ccc(OC(=O)Nc4ccc(OC)cc4OC)cc3[C@H]3[C@H](CCCCO)[C@@H](CCCCO)C=C(C(=NOCC)C[C@@H]1N(Cc1ccc(F)cc1)C(=O)OCCOCc1ccccc1)[C@H]32. The zero-order valence-corrected chi connectivity index (χ0v) is 40.8. The van der Waals surface area contributed by atoms with Gasteiger partial charge in [-0.3, -0.25) is 10.2 Å². The van der Waals surface area contributed by atoms with Crippen LogP contribution in [0, 0.1) is 23.6 Å². The van der Waals surface area contributed by atoms with Crippen LogP contribution in [0.3, 0.4) is 0 Å². The minimum Gasteiger partial charge on any atom is -0.497 e. The molecule has 0 radical (unpaired) electrons. The molecule has 15 nitrogen and oxygen atoms in total. The first-order chi connectivity index (χ1) is 34.7. The van der Waals surface area contributed by atoms with Gasteiger partial charge < -0.3 is 48.2 Å². The van der Waals surface area contributed by atoms with E-state index in [1.54, 1.807) is 53.4 Å². The molecule has 71 heavy (non-hydrogen) atoms. The summed E-state index contributed by atoms with van der Waals surface area (Å²) in [5, 5.41) is 27.5. The summed E-state index contributed by atoms with van der Waals surface area (Å²) in [6, 6.07) is 24.9. The third-order valence-corrected chi connectivity index (χ3v) is 13.2. The zero-order valence-electron chi connectivity index (χ0n) is 40.8. The summed E-state index contributed by atoms with van der Waals surface area (Å²) in [5.41, 5.74) is 4.12. The van der Waals surface area contributed by atoms with Crippen LogP contribution in [0.25, 0.3) is 0 Å². The fraction of sp³-hybridized carbons (Fsp3) is 0.436. The Hall–Kier alpha value is -6.46. The van der Waals surface area contributed by atoms with Crippen molar-refractivity contribution in [1.29, 1.82) is 0 Å². The second-order valence-corrected chi connectivity index (χ2v) is 17.7. The van der Waals surface area contributed by atoms with E-state index in [0.29, 0.717) is 66.5 Å². The van der Waals surface area contributed by atoms with E-state index < -0.39 is 41.7 Å². The molecule has 1 saturated carbocycles. The number of nitrogens with one attached hydrogen (secondary N) is 1. The Labute approximate surface area is 415 Å². The number of anilines is 1. The summed E-state index contributed by atoms with van der Waals surface area (Å²) < 4.78 is 57.6. The standard InChI is InChI=1S/C55H66FN3O12/c1-5-28-68-55-50(59(35-37-18-20-40(56)21-19-37)54(63)67-30-29-66-36-38-14-8-7-9-15-38)34-47(58-69-6-2)44-31-39(16-10-12-26-60)43(17-11-13-27-61)51(52(44)55)45-32-42(23-25-48(45)71-55)70-53(62)57-46-24-22-41(64-3)33-49(46)65-4/h5,7-9,14-15,18-25,31-33,39,43,50-52,60-61H,1,6,10-13,16-17,26-30,34-36H2,2-4H3,(H,57,62)/t39-,43+,50-,51+,52+,55+/m0/s1. The first-order valence-electron chi connectivity index (χ1n) is 24.4. The highest BCUT2D eigenvalue weighted by atomic mass is 19.1. The highest BCUT2D eigenvalue weighted by molar-refractivity contribution is 6.03. The Morgan fingerprint density at radius 2 is 1.68 bits per heavy atom. The molecule has 0 aromatic heterocycles. The summed E-state index contributed by atoms with van der Waals surface area (Å²) in [6.45, 7) is 6.57. The van der Waals surface area contributed by atoms with E-state index >= 15 is 0 Å². The number of aliphatic hydroxyl groups excluding tert-OH is 2.